The maximum Gasteiger partial charge on any atom is 0.101 e. The number of rotatable bonds is 8. The molecule has 0 bridgehead atoms. The number of aliphatic hydroxyl groups is 1. The van der Waals surface area contributed by atoms with Gasteiger partial charge in [-0.25, -0.2) is 0 Å². The Morgan fingerprint density at radius 1 is 1.24 bits per heavy atom. The van der Waals surface area contributed by atoms with Crippen molar-refractivity contribution in [1.29, 1.82) is 0 Å². The van der Waals surface area contributed by atoms with Crippen LogP contribution in [0.1, 0.15) is 39.0 Å². The van der Waals surface area contributed by atoms with Crippen LogP contribution in [0.4, 0.5) is 0 Å². The highest BCUT2D eigenvalue weighted by Gasteiger charge is 2.21. The summed E-state index contributed by atoms with van der Waals surface area (Å²) in [6.07, 6.45) is 5.59. The maximum absolute atomic E-state index is 9.49. The van der Waals surface area contributed by atoms with Gasteiger partial charge in [-0.05, 0) is 38.6 Å². The highest BCUT2D eigenvalue weighted by atomic mass is 16.5. The third-order valence-corrected chi connectivity index (χ3v) is 3.24. The monoisotopic (exact) mass is 245 g/mol. The highest BCUT2D eigenvalue weighted by Crippen LogP contribution is 2.21. The van der Waals surface area contributed by atoms with Gasteiger partial charge in [-0.15, -0.1) is 0 Å². The SMILES string of the molecule is CCCNC1CCC(OCC(O)COC)CC1. The van der Waals surface area contributed by atoms with Gasteiger partial charge in [0.05, 0.1) is 19.3 Å². The lowest BCUT2D eigenvalue weighted by molar-refractivity contribution is -0.0481. The molecule has 2 N–H and O–H groups in total. The highest BCUT2D eigenvalue weighted by molar-refractivity contribution is 4.77. The predicted octanol–water partition coefficient (Wildman–Crippen LogP) is 1.32. The van der Waals surface area contributed by atoms with Gasteiger partial charge in [-0.3, -0.25) is 0 Å². The molecule has 1 aliphatic rings. The Morgan fingerprint density at radius 2 is 1.94 bits per heavy atom. The number of ether oxygens (including phenoxy) is 2. The van der Waals surface area contributed by atoms with Crippen molar-refractivity contribution in [3.63, 3.8) is 0 Å². The smallest absolute Gasteiger partial charge is 0.101 e. The van der Waals surface area contributed by atoms with Crippen molar-refractivity contribution in [1.82, 2.24) is 5.32 Å². The summed E-state index contributed by atoms with van der Waals surface area (Å²) in [6, 6.07) is 0.665. The van der Waals surface area contributed by atoms with Gasteiger partial charge >= 0.3 is 0 Å². The Balaban J connectivity index is 2.06. The first-order chi connectivity index (χ1) is 8.26. The zero-order valence-corrected chi connectivity index (χ0v) is 11.2. The largest absolute Gasteiger partial charge is 0.388 e. The van der Waals surface area contributed by atoms with E-state index in [1.807, 2.05) is 0 Å². The normalized spacial score (nSPS) is 27.0. The summed E-state index contributed by atoms with van der Waals surface area (Å²) in [5, 5.41) is 13.0. The molecule has 1 saturated carbocycles. The standard InChI is InChI=1S/C13H27NO3/c1-3-8-14-11-4-6-13(7-5-11)17-10-12(15)9-16-2/h11-15H,3-10H2,1-2H3. The van der Waals surface area contributed by atoms with Crippen LogP contribution in [0.3, 0.4) is 0 Å². The molecule has 1 fully saturated rings. The molecule has 0 saturated heterocycles. The van der Waals surface area contributed by atoms with E-state index in [-0.39, 0.29) is 0 Å². The van der Waals surface area contributed by atoms with E-state index >= 15 is 0 Å². The fourth-order valence-electron chi connectivity index (χ4n) is 2.27. The first-order valence-electron chi connectivity index (χ1n) is 6.78. The molecule has 102 valence electrons. The molecule has 17 heavy (non-hydrogen) atoms. The Morgan fingerprint density at radius 3 is 2.53 bits per heavy atom. The first kappa shape index (κ1) is 14.9. The van der Waals surface area contributed by atoms with Gasteiger partial charge in [0, 0.05) is 13.2 Å². The minimum atomic E-state index is -0.490. The Hall–Kier alpha value is -0.160. The number of hydrogen-bond acceptors (Lipinski definition) is 4. The van der Waals surface area contributed by atoms with Crippen molar-refractivity contribution < 1.29 is 14.6 Å². The van der Waals surface area contributed by atoms with Gasteiger partial charge < -0.3 is 19.9 Å². The van der Waals surface area contributed by atoms with Crippen LogP contribution >= 0.6 is 0 Å². The molecule has 1 unspecified atom stereocenters. The molecule has 0 aromatic heterocycles. The molecule has 0 aromatic rings. The summed E-state index contributed by atoms with van der Waals surface area (Å²) in [5.74, 6) is 0. The molecule has 0 aromatic carbocycles. The van der Waals surface area contributed by atoms with E-state index < -0.39 is 6.10 Å². The molecule has 1 aliphatic carbocycles. The van der Waals surface area contributed by atoms with E-state index in [0.717, 1.165) is 19.4 Å². The molecule has 4 nitrogen and oxygen atoms in total. The van der Waals surface area contributed by atoms with Crippen LogP contribution in [0, 0.1) is 0 Å². The predicted molar refractivity (Wildman–Crippen MR) is 68.2 cm³/mol. The van der Waals surface area contributed by atoms with E-state index in [2.05, 4.69) is 12.2 Å². The van der Waals surface area contributed by atoms with Crippen LogP contribution in [0.15, 0.2) is 0 Å². The van der Waals surface area contributed by atoms with Crippen molar-refractivity contribution in [2.24, 2.45) is 0 Å². The Labute approximate surface area is 105 Å². The molecule has 0 heterocycles. The van der Waals surface area contributed by atoms with Gasteiger partial charge in [-0.2, -0.15) is 0 Å². The van der Waals surface area contributed by atoms with Crippen LogP contribution in [0.25, 0.3) is 0 Å². The average molecular weight is 245 g/mol. The molecule has 1 rings (SSSR count). The fraction of sp³-hybridized carbons (Fsp3) is 1.00. The summed E-state index contributed by atoms with van der Waals surface area (Å²) in [4.78, 5) is 0. The second-order valence-corrected chi connectivity index (χ2v) is 4.87. The Bertz CT molecular complexity index is 182. The van der Waals surface area contributed by atoms with Crippen molar-refractivity contribution >= 4 is 0 Å². The first-order valence-corrected chi connectivity index (χ1v) is 6.78. The third-order valence-electron chi connectivity index (χ3n) is 3.24. The van der Waals surface area contributed by atoms with Crippen molar-refractivity contribution in [2.45, 2.75) is 57.3 Å². The second-order valence-electron chi connectivity index (χ2n) is 4.87. The van der Waals surface area contributed by atoms with E-state index in [0.29, 0.717) is 25.4 Å². The average Bonchev–Trinajstić information content (AvgIpc) is 2.35. The molecule has 0 spiro atoms. The topological polar surface area (TPSA) is 50.7 Å². The summed E-state index contributed by atoms with van der Waals surface area (Å²) < 4.78 is 10.6. The molecule has 1 atom stereocenters. The van der Waals surface area contributed by atoms with Crippen molar-refractivity contribution in [3.05, 3.63) is 0 Å². The summed E-state index contributed by atoms with van der Waals surface area (Å²) >= 11 is 0. The van der Waals surface area contributed by atoms with Gasteiger partial charge in [0.25, 0.3) is 0 Å². The fourth-order valence-corrected chi connectivity index (χ4v) is 2.27. The number of aliphatic hydroxyl groups excluding tert-OH is 1. The summed E-state index contributed by atoms with van der Waals surface area (Å²) in [5.41, 5.74) is 0. The lowest BCUT2D eigenvalue weighted by Crippen LogP contribution is -2.36. The van der Waals surface area contributed by atoms with Gasteiger partial charge in [-0.1, -0.05) is 6.92 Å². The summed E-state index contributed by atoms with van der Waals surface area (Å²) in [7, 11) is 1.59. The molecule has 0 amide bonds. The van der Waals surface area contributed by atoms with Crippen molar-refractivity contribution in [3.8, 4) is 0 Å². The Kier molecular flexibility index (Phi) is 7.77. The van der Waals surface area contributed by atoms with Crippen LogP contribution < -0.4 is 5.32 Å². The minimum Gasteiger partial charge on any atom is -0.388 e. The van der Waals surface area contributed by atoms with E-state index in [1.54, 1.807) is 7.11 Å². The van der Waals surface area contributed by atoms with Crippen molar-refractivity contribution in [2.75, 3.05) is 26.9 Å². The van der Waals surface area contributed by atoms with Gasteiger partial charge in [0.2, 0.25) is 0 Å². The zero-order valence-electron chi connectivity index (χ0n) is 11.2. The maximum atomic E-state index is 9.49. The second kappa shape index (κ2) is 8.86. The van der Waals surface area contributed by atoms with Crippen LogP contribution in [-0.4, -0.2) is 50.2 Å². The summed E-state index contributed by atoms with van der Waals surface area (Å²) in [6.45, 7) is 4.06. The number of methoxy groups -OCH3 is 1. The van der Waals surface area contributed by atoms with Gasteiger partial charge in [0.15, 0.2) is 0 Å². The molecular weight excluding hydrogens is 218 g/mol. The van der Waals surface area contributed by atoms with Crippen LogP contribution in [0.5, 0.6) is 0 Å². The molecule has 0 radical (unpaired) electrons. The van der Waals surface area contributed by atoms with E-state index in [4.69, 9.17) is 9.47 Å². The van der Waals surface area contributed by atoms with Crippen LogP contribution in [-0.2, 0) is 9.47 Å². The quantitative estimate of drug-likeness (QED) is 0.677. The van der Waals surface area contributed by atoms with E-state index in [1.165, 1.54) is 19.3 Å². The minimum absolute atomic E-state index is 0.321. The molecule has 4 heteroatoms. The van der Waals surface area contributed by atoms with Gasteiger partial charge in [0.1, 0.15) is 6.10 Å². The zero-order chi connectivity index (χ0) is 12.5. The number of nitrogens with one attached hydrogen (secondary N) is 1. The number of hydrogen-bond donors (Lipinski definition) is 2. The lowest BCUT2D eigenvalue weighted by Gasteiger charge is -2.29. The van der Waals surface area contributed by atoms with Crippen LogP contribution in [0.2, 0.25) is 0 Å². The van der Waals surface area contributed by atoms with E-state index in [9.17, 15) is 5.11 Å². The lowest BCUT2D eigenvalue weighted by atomic mass is 9.93. The molecule has 0 aliphatic heterocycles. The molecular formula is C13H27NO3. The third kappa shape index (κ3) is 6.36.